The molecule has 0 aliphatic rings. The fourth-order valence-corrected chi connectivity index (χ4v) is 1.83. The first kappa shape index (κ1) is 12.5. The van der Waals surface area contributed by atoms with Crippen molar-refractivity contribution in [2.24, 2.45) is 0 Å². The number of nitrogens with zero attached hydrogens (tertiary/aromatic N) is 1. The number of aryl methyl sites for hydroxylation is 1. The fourth-order valence-electron chi connectivity index (χ4n) is 1.83. The Morgan fingerprint density at radius 1 is 1.33 bits per heavy atom. The van der Waals surface area contributed by atoms with E-state index in [0.717, 1.165) is 30.0 Å². The van der Waals surface area contributed by atoms with Gasteiger partial charge in [-0.3, -0.25) is 4.98 Å². The molecule has 2 aromatic rings. The zero-order valence-electron chi connectivity index (χ0n) is 10.8. The van der Waals surface area contributed by atoms with Crippen LogP contribution in [0.25, 0.3) is 0 Å². The third-order valence-electron chi connectivity index (χ3n) is 2.84. The third-order valence-corrected chi connectivity index (χ3v) is 2.84. The van der Waals surface area contributed by atoms with Crippen LogP contribution in [0.15, 0.2) is 41.3 Å². The largest absolute Gasteiger partial charge is 0.469 e. The third kappa shape index (κ3) is 3.52. The van der Waals surface area contributed by atoms with Crippen molar-refractivity contribution in [1.29, 1.82) is 0 Å². The van der Waals surface area contributed by atoms with Crippen molar-refractivity contribution in [3.63, 3.8) is 0 Å². The van der Waals surface area contributed by atoms with Gasteiger partial charge in [-0.15, -0.1) is 0 Å². The van der Waals surface area contributed by atoms with Crippen LogP contribution in [-0.4, -0.2) is 18.1 Å². The molecule has 0 bridgehead atoms. The van der Waals surface area contributed by atoms with Crippen LogP contribution in [0.3, 0.4) is 0 Å². The van der Waals surface area contributed by atoms with Gasteiger partial charge < -0.3 is 15.1 Å². The van der Waals surface area contributed by atoms with Gasteiger partial charge in [0.2, 0.25) is 0 Å². The molecule has 0 amide bonds. The van der Waals surface area contributed by atoms with Crippen LogP contribution in [-0.2, 0) is 6.42 Å². The van der Waals surface area contributed by atoms with Crippen molar-refractivity contribution >= 4 is 11.4 Å². The van der Waals surface area contributed by atoms with E-state index in [1.54, 1.807) is 12.5 Å². The summed E-state index contributed by atoms with van der Waals surface area (Å²) in [7, 11) is 1.89. The van der Waals surface area contributed by atoms with Gasteiger partial charge in [-0.1, -0.05) is 0 Å². The van der Waals surface area contributed by atoms with Crippen LogP contribution in [0.4, 0.5) is 11.4 Å². The number of furan rings is 1. The molecule has 0 radical (unpaired) electrons. The van der Waals surface area contributed by atoms with Gasteiger partial charge in [0.1, 0.15) is 5.76 Å². The lowest BCUT2D eigenvalue weighted by molar-refractivity contribution is 0.495. The summed E-state index contributed by atoms with van der Waals surface area (Å²) in [4.78, 5) is 4.18. The SMILES string of the molecule is CNc1cncc(NC(C)CCc2ccco2)c1. The van der Waals surface area contributed by atoms with Gasteiger partial charge in [-0.2, -0.15) is 0 Å². The Hall–Kier alpha value is -1.97. The monoisotopic (exact) mass is 245 g/mol. The molecule has 0 aliphatic heterocycles. The van der Waals surface area contributed by atoms with Crippen LogP contribution >= 0.6 is 0 Å². The maximum Gasteiger partial charge on any atom is 0.103 e. The second-order valence-electron chi connectivity index (χ2n) is 4.38. The van der Waals surface area contributed by atoms with E-state index in [-0.39, 0.29) is 0 Å². The molecule has 1 unspecified atom stereocenters. The van der Waals surface area contributed by atoms with E-state index in [1.807, 2.05) is 25.4 Å². The first-order chi connectivity index (χ1) is 8.78. The molecule has 4 nitrogen and oxygen atoms in total. The van der Waals surface area contributed by atoms with E-state index in [4.69, 9.17) is 4.42 Å². The van der Waals surface area contributed by atoms with Crippen molar-refractivity contribution in [3.8, 4) is 0 Å². The molecule has 0 saturated heterocycles. The number of aromatic nitrogens is 1. The number of anilines is 2. The number of nitrogens with one attached hydrogen (secondary N) is 2. The topological polar surface area (TPSA) is 50.1 Å². The quantitative estimate of drug-likeness (QED) is 0.820. The standard InChI is InChI=1S/C14H19N3O/c1-11(5-6-14-4-3-7-18-14)17-13-8-12(15-2)9-16-10-13/h3-4,7-11,15,17H,5-6H2,1-2H3. The average molecular weight is 245 g/mol. The summed E-state index contributed by atoms with van der Waals surface area (Å²) in [6, 6.07) is 6.36. The lowest BCUT2D eigenvalue weighted by Crippen LogP contribution is -2.16. The highest BCUT2D eigenvalue weighted by Gasteiger charge is 2.04. The van der Waals surface area contributed by atoms with Crippen LogP contribution in [0.1, 0.15) is 19.1 Å². The fraction of sp³-hybridized carbons (Fsp3) is 0.357. The molecule has 18 heavy (non-hydrogen) atoms. The highest BCUT2D eigenvalue weighted by atomic mass is 16.3. The first-order valence-electron chi connectivity index (χ1n) is 6.19. The Labute approximate surface area is 107 Å². The Morgan fingerprint density at radius 2 is 2.17 bits per heavy atom. The molecular weight excluding hydrogens is 226 g/mol. The Bertz CT molecular complexity index is 468. The smallest absolute Gasteiger partial charge is 0.103 e. The van der Waals surface area contributed by atoms with Gasteiger partial charge in [0.25, 0.3) is 0 Å². The molecule has 0 aromatic carbocycles. The summed E-state index contributed by atoms with van der Waals surface area (Å²) < 4.78 is 5.32. The molecule has 2 aromatic heterocycles. The molecule has 2 rings (SSSR count). The van der Waals surface area contributed by atoms with Crippen LogP contribution in [0.5, 0.6) is 0 Å². The summed E-state index contributed by atoms with van der Waals surface area (Å²) in [5.74, 6) is 1.03. The van der Waals surface area contributed by atoms with Gasteiger partial charge in [0, 0.05) is 19.5 Å². The highest BCUT2D eigenvalue weighted by molar-refractivity contribution is 5.53. The van der Waals surface area contributed by atoms with Crippen molar-refractivity contribution < 1.29 is 4.42 Å². The summed E-state index contributed by atoms with van der Waals surface area (Å²) >= 11 is 0. The van der Waals surface area contributed by atoms with Gasteiger partial charge in [-0.25, -0.2) is 0 Å². The van der Waals surface area contributed by atoms with Crippen molar-refractivity contribution in [2.45, 2.75) is 25.8 Å². The molecule has 0 saturated carbocycles. The number of hydrogen-bond acceptors (Lipinski definition) is 4. The molecule has 2 N–H and O–H groups in total. The van der Waals surface area contributed by atoms with E-state index in [2.05, 4.69) is 28.6 Å². The predicted octanol–water partition coefficient (Wildman–Crippen LogP) is 3.15. The minimum atomic E-state index is 0.379. The van der Waals surface area contributed by atoms with Crippen molar-refractivity contribution in [3.05, 3.63) is 42.6 Å². The molecule has 4 heteroatoms. The zero-order chi connectivity index (χ0) is 12.8. The summed E-state index contributed by atoms with van der Waals surface area (Å²) in [6.45, 7) is 2.16. The molecule has 96 valence electrons. The first-order valence-corrected chi connectivity index (χ1v) is 6.19. The maximum absolute atomic E-state index is 5.32. The average Bonchev–Trinajstić information content (AvgIpc) is 2.90. The Kier molecular flexibility index (Phi) is 4.23. The summed E-state index contributed by atoms with van der Waals surface area (Å²) in [5.41, 5.74) is 2.05. The van der Waals surface area contributed by atoms with E-state index >= 15 is 0 Å². The summed E-state index contributed by atoms with van der Waals surface area (Å²) in [6.07, 6.45) is 7.33. The normalized spacial score (nSPS) is 12.1. The lowest BCUT2D eigenvalue weighted by atomic mass is 10.1. The lowest BCUT2D eigenvalue weighted by Gasteiger charge is -2.14. The molecule has 0 aliphatic carbocycles. The molecule has 1 atom stereocenters. The van der Waals surface area contributed by atoms with Gasteiger partial charge in [-0.05, 0) is 31.5 Å². The van der Waals surface area contributed by atoms with Gasteiger partial charge in [0.05, 0.1) is 30.0 Å². The Balaban J connectivity index is 1.84. The second-order valence-corrected chi connectivity index (χ2v) is 4.38. The Morgan fingerprint density at radius 3 is 2.89 bits per heavy atom. The van der Waals surface area contributed by atoms with E-state index in [9.17, 15) is 0 Å². The van der Waals surface area contributed by atoms with E-state index in [1.165, 1.54) is 0 Å². The number of hydrogen-bond donors (Lipinski definition) is 2. The van der Waals surface area contributed by atoms with E-state index < -0.39 is 0 Å². The van der Waals surface area contributed by atoms with E-state index in [0.29, 0.717) is 6.04 Å². The minimum absolute atomic E-state index is 0.379. The van der Waals surface area contributed by atoms with Crippen LogP contribution in [0.2, 0.25) is 0 Å². The van der Waals surface area contributed by atoms with Crippen LogP contribution < -0.4 is 10.6 Å². The van der Waals surface area contributed by atoms with Crippen molar-refractivity contribution in [1.82, 2.24) is 4.98 Å². The van der Waals surface area contributed by atoms with Gasteiger partial charge in [0.15, 0.2) is 0 Å². The molecular formula is C14H19N3O. The molecule has 0 spiro atoms. The predicted molar refractivity (Wildman–Crippen MR) is 73.9 cm³/mol. The number of rotatable bonds is 6. The van der Waals surface area contributed by atoms with Gasteiger partial charge >= 0.3 is 0 Å². The second kappa shape index (κ2) is 6.10. The van der Waals surface area contributed by atoms with Crippen molar-refractivity contribution in [2.75, 3.05) is 17.7 Å². The highest BCUT2D eigenvalue weighted by Crippen LogP contribution is 2.15. The zero-order valence-corrected chi connectivity index (χ0v) is 10.8. The number of pyridine rings is 1. The maximum atomic E-state index is 5.32. The minimum Gasteiger partial charge on any atom is -0.469 e. The molecule has 2 heterocycles. The van der Waals surface area contributed by atoms with Crippen LogP contribution in [0, 0.1) is 0 Å². The molecule has 0 fully saturated rings. The summed E-state index contributed by atoms with van der Waals surface area (Å²) in [5, 5.41) is 6.51.